The van der Waals surface area contributed by atoms with Gasteiger partial charge in [-0.15, -0.1) is 0 Å². The van der Waals surface area contributed by atoms with Crippen LogP contribution in [0.25, 0.3) is 0 Å². The molecule has 232 valence electrons. The van der Waals surface area contributed by atoms with Crippen molar-refractivity contribution in [1.82, 2.24) is 9.88 Å². The number of benzene rings is 2. The Hall–Kier alpha value is -2.67. The number of ether oxygens (including phenoxy) is 2. The van der Waals surface area contributed by atoms with Crippen LogP contribution in [0.2, 0.25) is 10.0 Å². The van der Waals surface area contributed by atoms with E-state index in [1.165, 1.54) is 11.1 Å². The molecule has 3 aromatic rings. The standard InChI is InChI=1S/C14H18N2O3.C13H6Cl3F2NO2S.C2H6/c1-15-7-10-5-12(13(18-2)6-11(10)8-15)16-3-4-19-9-14(16)17;14-7-2-1-3-8(15)11(7)22-9-4-10(13(16,17)18)19-12(21)6(9)5-20;1-2/h5-6H,3-4,7-9H2,1-2H3;1-5H,(H,19,21);1-2H3. The van der Waals surface area contributed by atoms with Gasteiger partial charge >= 0.3 is 5.38 Å². The van der Waals surface area contributed by atoms with Gasteiger partial charge < -0.3 is 19.4 Å². The number of aromatic amines is 1. The highest BCUT2D eigenvalue weighted by molar-refractivity contribution is 7.99. The van der Waals surface area contributed by atoms with Crippen molar-refractivity contribution in [2.45, 2.75) is 42.1 Å². The van der Waals surface area contributed by atoms with Crippen LogP contribution in [-0.2, 0) is 28.0 Å². The summed E-state index contributed by atoms with van der Waals surface area (Å²) in [6.07, 6.45) is 0.266. The number of H-pyrrole nitrogens is 1. The monoisotopic (exact) mass is 675 g/mol. The number of anilines is 1. The Balaban J connectivity index is 0.000000224. The number of halogens is 5. The van der Waals surface area contributed by atoms with Crippen molar-refractivity contribution in [3.05, 3.63) is 79.2 Å². The fourth-order valence-electron chi connectivity index (χ4n) is 4.32. The fourth-order valence-corrected chi connectivity index (χ4v) is 6.03. The lowest BCUT2D eigenvalue weighted by Crippen LogP contribution is -2.41. The Labute approximate surface area is 267 Å². The number of pyridine rings is 1. The fraction of sp³-hybridized carbons (Fsp3) is 0.345. The second kappa shape index (κ2) is 15.4. The molecular formula is C29H30Cl3F2N3O5S. The molecule has 1 aromatic heterocycles. The van der Waals surface area contributed by atoms with Crippen molar-refractivity contribution in [2.75, 3.05) is 38.8 Å². The molecule has 2 aromatic carbocycles. The largest absolute Gasteiger partial charge is 0.495 e. The number of aromatic nitrogens is 1. The van der Waals surface area contributed by atoms with Crippen LogP contribution in [0.15, 0.2) is 51.0 Å². The Morgan fingerprint density at radius 2 is 1.72 bits per heavy atom. The third kappa shape index (κ3) is 8.49. The lowest BCUT2D eigenvalue weighted by molar-refractivity contribution is -0.125. The zero-order valence-electron chi connectivity index (χ0n) is 23.8. The highest BCUT2D eigenvalue weighted by Gasteiger charge is 2.31. The average molecular weight is 677 g/mol. The van der Waals surface area contributed by atoms with E-state index in [-0.39, 0.29) is 39.3 Å². The number of hydrogen-bond acceptors (Lipinski definition) is 7. The third-order valence-electron chi connectivity index (χ3n) is 6.25. The number of carbonyl (C=O) groups is 2. The van der Waals surface area contributed by atoms with E-state index in [9.17, 15) is 23.2 Å². The summed E-state index contributed by atoms with van der Waals surface area (Å²) < 4.78 is 37.0. The van der Waals surface area contributed by atoms with Crippen LogP contribution in [0.4, 0.5) is 14.5 Å². The Morgan fingerprint density at radius 3 is 2.28 bits per heavy atom. The minimum absolute atomic E-state index is 0.00384. The molecule has 1 fully saturated rings. The van der Waals surface area contributed by atoms with Crippen LogP contribution < -0.4 is 15.2 Å². The first kappa shape index (κ1) is 34.8. The second-order valence-electron chi connectivity index (χ2n) is 9.12. The van der Waals surface area contributed by atoms with Crippen LogP contribution >= 0.6 is 46.6 Å². The van der Waals surface area contributed by atoms with Gasteiger partial charge in [-0.3, -0.25) is 19.3 Å². The molecule has 1 N–H and O–H groups in total. The first-order valence-corrected chi connectivity index (χ1v) is 15.1. The number of alkyl halides is 3. The summed E-state index contributed by atoms with van der Waals surface area (Å²) in [6, 6.07) is 9.74. The summed E-state index contributed by atoms with van der Waals surface area (Å²) >= 11 is 17.7. The van der Waals surface area contributed by atoms with E-state index in [4.69, 9.17) is 44.3 Å². The first-order chi connectivity index (χ1) is 20.4. The summed E-state index contributed by atoms with van der Waals surface area (Å²) in [7, 11) is 3.74. The molecule has 0 spiro atoms. The molecule has 2 aliphatic rings. The molecule has 0 radical (unpaired) electrons. The van der Waals surface area contributed by atoms with Crippen molar-refractivity contribution in [3.8, 4) is 5.75 Å². The average Bonchev–Trinajstić information content (AvgIpc) is 3.34. The smallest absolute Gasteiger partial charge is 0.362 e. The molecule has 0 bridgehead atoms. The normalized spacial score (nSPS) is 14.7. The molecule has 14 heteroatoms. The summed E-state index contributed by atoms with van der Waals surface area (Å²) in [5.41, 5.74) is 1.31. The van der Waals surface area contributed by atoms with Gasteiger partial charge in [-0.2, -0.15) is 8.78 Å². The maximum absolute atomic E-state index is 13.2. The number of nitrogens with one attached hydrogen (secondary N) is 1. The number of carbonyl (C=O) groups excluding carboxylic acids is 2. The lowest BCUT2D eigenvalue weighted by Gasteiger charge is -2.28. The van der Waals surface area contributed by atoms with Gasteiger partial charge in [-0.1, -0.05) is 54.9 Å². The minimum Gasteiger partial charge on any atom is -0.495 e. The molecule has 43 heavy (non-hydrogen) atoms. The van der Waals surface area contributed by atoms with Gasteiger partial charge in [0.05, 0.1) is 35.0 Å². The maximum Gasteiger partial charge on any atom is 0.362 e. The maximum atomic E-state index is 13.2. The van der Waals surface area contributed by atoms with Crippen molar-refractivity contribution in [2.24, 2.45) is 0 Å². The van der Waals surface area contributed by atoms with E-state index in [0.717, 1.165) is 42.4 Å². The van der Waals surface area contributed by atoms with Gasteiger partial charge in [0, 0.05) is 29.4 Å². The zero-order chi connectivity index (χ0) is 31.9. The van der Waals surface area contributed by atoms with E-state index >= 15 is 0 Å². The van der Waals surface area contributed by atoms with Gasteiger partial charge in [-0.05, 0) is 60.1 Å². The predicted octanol–water partition coefficient (Wildman–Crippen LogP) is 6.96. The lowest BCUT2D eigenvalue weighted by atomic mass is 10.1. The predicted molar refractivity (Wildman–Crippen MR) is 165 cm³/mol. The molecule has 0 saturated carbocycles. The Morgan fingerprint density at radius 1 is 1.09 bits per heavy atom. The molecule has 8 nitrogen and oxygen atoms in total. The quantitative estimate of drug-likeness (QED) is 0.223. The Bertz CT molecular complexity index is 1510. The van der Waals surface area contributed by atoms with Gasteiger partial charge in [0.2, 0.25) is 0 Å². The molecule has 0 atom stereocenters. The van der Waals surface area contributed by atoms with E-state index in [2.05, 4.69) is 24.1 Å². The van der Waals surface area contributed by atoms with Gasteiger partial charge in [0.1, 0.15) is 18.1 Å². The van der Waals surface area contributed by atoms with Crippen molar-refractivity contribution in [1.29, 1.82) is 0 Å². The SMILES string of the molecule is CC.COc1cc2c(cc1N1CCOCC1=O)CN(C)C2.O=Cc1c(Sc2c(Cl)cccc2Cl)cc(C(F)(F)Cl)[nH]c1=O. The van der Waals surface area contributed by atoms with Gasteiger partial charge in [0.15, 0.2) is 6.29 Å². The van der Waals surface area contributed by atoms with Crippen LogP contribution in [0.5, 0.6) is 5.75 Å². The number of hydrogen-bond donors (Lipinski definition) is 1. The molecular weight excluding hydrogens is 647 g/mol. The van der Waals surface area contributed by atoms with Crippen LogP contribution in [0.1, 0.15) is 41.0 Å². The summed E-state index contributed by atoms with van der Waals surface area (Å²) in [5, 5.41) is -3.26. The molecule has 3 heterocycles. The van der Waals surface area contributed by atoms with E-state index < -0.39 is 16.6 Å². The first-order valence-electron chi connectivity index (χ1n) is 13.1. The molecule has 2 aliphatic heterocycles. The van der Waals surface area contributed by atoms with Crippen molar-refractivity contribution >= 4 is 64.4 Å². The molecule has 1 saturated heterocycles. The number of morpholine rings is 1. The number of amides is 1. The number of aldehydes is 1. The molecule has 0 aliphatic carbocycles. The van der Waals surface area contributed by atoms with Crippen LogP contribution in [0, 0.1) is 0 Å². The number of methoxy groups -OCH3 is 1. The third-order valence-corrected chi connectivity index (χ3v) is 8.51. The van der Waals surface area contributed by atoms with Crippen molar-refractivity contribution < 1.29 is 27.8 Å². The topological polar surface area (TPSA) is 91.9 Å². The van der Waals surface area contributed by atoms with Crippen LogP contribution in [-0.4, -0.2) is 56.0 Å². The number of rotatable bonds is 6. The minimum atomic E-state index is -3.78. The summed E-state index contributed by atoms with van der Waals surface area (Å²) in [5.74, 6) is 0.764. The van der Waals surface area contributed by atoms with E-state index in [1.807, 2.05) is 18.8 Å². The van der Waals surface area contributed by atoms with Crippen molar-refractivity contribution in [3.63, 3.8) is 0 Å². The summed E-state index contributed by atoms with van der Waals surface area (Å²) in [4.78, 5) is 40.9. The van der Waals surface area contributed by atoms with Gasteiger partial charge in [-0.25, -0.2) is 0 Å². The summed E-state index contributed by atoms with van der Waals surface area (Å²) in [6.45, 7) is 7.17. The van der Waals surface area contributed by atoms with E-state index in [0.29, 0.717) is 18.0 Å². The molecule has 0 unspecified atom stereocenters. The Kier molecular flexibility index (Phi) is 12.4. The zero-order valence-corrected chi connectivity index (χ0v) is 26.9. The highest BCUT2D eigenvalue weighted by Crippen LogP contribution is 2.41. The van der Waals surface area contributed by atoms with Crippen LogP contribution in [0.3, 0.4) is 0 Å². The number of nitrogens with zero attached hydrogens (tertiary/aromatic N) is 2. The van der Waals surface area contributed by atoms with E-state index in [1.54, 1.807) is 30.2 Å². The number of fused-ring (bicyclic) bond motifs is 1. The molecule has 5 rings (SSSR count). The van der Waals surface area contributed by atoms with Gasteiger partial charge in [0.25, 0.3) is 11.5 Å². The second-order valence-corrected chi connectivity index (χ2v) is 11.5. The highest BCUT2D eigenvalue weighted by atomic mass is 35.5. The molecule has 1 amide bonds.